The number of furan rings is 1. The van der Waals surface area contributed by atoms with Gasteiger partial charge in [0.15, 0.2) is 14.5 Å². The van der Waals surface area contributed by atoms with E-state index in [2.05, 4.69) is 15.9 Å². The molecule has 0 aromatic carbocycles. The Balaban J connectivity index is 2.13. The molecule has 0 radical (unpaired) electrons. The number of sulfone groups is 1. The number of rotatable bonds is 4. The molecule has 1 fully saturated rings. The molecule has 102 valence electrons. The lowest BCUT2D eigenvalue weighted by Gasteiger charge is -2.30. The van der Waals surface area contributed by atoms with Crippen LogP contribution in [0.3, 0.4) is 0 Å². The fraction of sp³-hybridized carbons (Fsp3) is 0.636. The lowest BCUT2D eigenvalue weighted by atomic mass is 10.1. The number of nitrogens with two attached hydrogens (primary N) is 1. The Bertz CT molecular complexity index is 514. The highest BCUT2D eigenvalue weighted by Crippen LogP contribution is 2.28. The van der Waals surface area contributed by atoms with Gasteiger partial charge in [-0.15, -0.1) is 0 Å². The molecule has 0 bridgehead atoms. The zero-order valence-electron chi connectivity index (χ0n) is 10.2. The summed E-state index contributed by atoms with van der Waals surface area (Å²) in [6.07, 6.45) is 0.664. The number of nitrogens with zero attached hydrogens (tertiary/aromatic N) is 1. The second-order valence-corrected chi connectivity index (χ2v) is 7.63. The van der Waals surface area contributed by atoms with E-state index in [4.69, 9.17) is 10.2 Å². The van der Waals surface area contributed by atoms with Gasteiger partial charge < -0.3 is 10.2 Å². The van der Waals surface area contributed by atoms with Crippen LogP contribution in [-0.2, 0) is 9.84 Å². The summed E-state index contributed by atoms with van der Waals surface area (Å²) < 4.78 is 29.2. The van der Waals surface area contributed by atoms with Crippen molar-refractivity contribution in [2.75, 3.05) is 25.1 Å². The Morgan fingerprint density at radius 3 is 2.78 bits per heavy atom. The van der Waals surface area contributed by atoms with Gasteiger partial charge in [0.2, 0.25) is 0 Å². The van der Waals surface area contributed by atoms with Crippen LogP contribution in [0.2, 0.25) is 0 Å². The van der Waals surface area contributed by atoms with Crippen LogP contribution in [0.5, 0.6) is 0 Å². The van der Waals surface area contributed by atoms with Crippen LogP contribution >= 0.6 is 15.9 Å². The van der Waals surface area contributed by atoms with Crippen molar-refractivity contribution in [2.24, 2.45) is 5.73 Å². The fourth-order valence-corrected chi connectivity index (χ4v) is 4.45. The average Bonchev–Trinajstić information content (AvgIpc) is 2.86. The summed E-state index contributed by atoms with van der Waals surface area (Å²) in [6.45, 7) is 0.396. The van der Waals surface area contributed by atoms with E-state index in [0.717, 1.165) is 5.76 Å². The van der Waals surface area contributed by atoms with E-state index < -0.39 is 9.84 Å². The first-order valence-corrected chi connectivity index (χ1v) is 8.42. The van der Waals surface area contributed by atoms with E-state index in [9.17, 15) is 8.42 Å². The highest BCUT2D eigenvalue weighted by atomic mass is 79.9. The van der Waals surface area contributed by atoms with E-state index in [1.165, 1.54) is 0 Å². The topological polar surface area (TPSA) is 76.5 Å². The second-order valence-electron chi connectivity index (χ2n) is 4.62. The Kier molecular flexibility index (Phi) is 4.15. The van der Waals surface area contributed by atoms with Crippen LogP contribution < -0.4 is 5.73 Å². The van der Waals surface area contributed by atoms with Crippen molar-refractivity contribution in [3.63, 3.8) is 0 Å². The Hall–Kier alpha value is -0.370. The molecule has 2 atom stereocenters. The third kappa shape index (κ3) is 2.96. The highest BCUT2D eigenvalue weighted by Gasteiger charge is 2.34. The van der Waals surface area contributed by atoms with E-state index >= 15 is 0 Å². The minimum absolute atomic E-state index is 0.0208. The molecule has 2 N–H and O–H groups in total. The van der Waals surface area contributed by atoms with Crippen molar-refractivity contribution in [3.05, 3.63) is 22.6 Å². The van der Waals surface area contributed by atoms with Gasteiger partial charge in [-0.05, 0) is 41.5 Å². The van der Waals surface area contributed by atoms with Crippen LogP contribution in [0, 0.1) is 0 Å². The summed E-state index contributed by atoms with van der Waals surface area (Å²) in [4.78, 5) is 2.01. The summed E-state index contributed by atoms with van der Waals surface area (Å²) in [6, 6.07) is 3.61. The number of halogens is 1. The first kappa shape index (κ1) is 14.0. The van der Waals surface area contributed by atoms with Crippen molar-refractivity contribution in [1.82, 2.24) is 4.90 Å². The molecule has 1 aliphatic heterocycles. The number of likely N-dealkylation sites (N-methyl/N-ethyl adjacent to an activating group) is 1. The van der Waals surface area contributed by atoms with Crippen LogP contribution in [0.15, 0.2) is 21.2 Å². The molecule has 1 aromatic heterocycles. The van der Waals surface area contributed by atoms with Crippen LogP contribution in [0.4, 0.5) is 0 Å². The molecule has 18 heavy (non-hydrogen) atoms. The van der Waals surface area contributed by atoms with Gasteiger partial charge in [-0.3, -0.25) is 4.90 Å². The molecule has 1 aliphatic rings. The molecule has 2 rings (SSSR count). The molecule has 0 spiro atoms. The van der Waals surface area contributed by atoms with Gasteiger partial charge in [0.25, 0.3) is 0 Å². The second kappa shape index (κ2) is 5.32. The maximum Gasteiger partial charge on any atom is 0.169 e. The maximum absolute atomic E-state index is 11.5. The molecule has 0 aliphatic carbocycles. The maximum atomic E-state index is 11.5. The van der Waals surface area contributed by atoms with Gasteiger partial charge >= 0.3 is 0 Å². The monoisotopic (exact) mass is 336 g/mol. The summed E-state index contributed by atoms with van der Waals surface area (Å²) in [5.74, 6) is 1.24. The van der Waals surface area contributed by atoms with E-state index in [1.54, 1.807) is 0 Å². The van der Waals surface area contributed by atoms with Crippen molar-refractivity contribution in [3.8, 4) is 0 Å². The fourth-order valence-electron chi connectivity index (χ4n) is 2.34. The largest absolute Gasteiger partial charge is 0.453 e. The molecule has 7 heteroatoms. The molecule has 5 nitrogen and oxygen atoms in total. The smallest absolute Gasteiger partial charge is 0.169 e. The first-order chi connectivity index (χ1) is 8.43. The predicted molar refractivity (Wildman–Crippen MR) is 73.0 cm³/mol. The van der Waals surface area contributed by atoms with Gasteiger partial charge in [-0.2, -0.15) is 0 Å². The molecule has 0 saturated carbocycles. The summed E-state index contributed by atoms with van der Waals surface area (Å²) in [7, 11) is -0.979. The third-order valence-corrected chi connectivity index (χ3v) is 5.60. The van der Waals surface area contributed by atoms with Crippen molar-refractivity contribution in [1.29, 1.82) is 0 Å². The molecule has 1 saturated heterocycles. The Morgan fingerprint density at radius 1 is 1.61 bits per heavy atom. The van der Waals surface area contributed by atoms with Crippen molar-refractivity contribution < 1.29 is 12.8 Å². The minimum Gasteiger partial charge on any atom is -0.453 e. The number of hydrogen-bond donors (Lipinski definition) is 1. The zero-order chi connectivity index (χ0) is 13.3. The van der Waals surface area contributed by atoms with Crippen LogP contribution in [0.25, 0.3) is 0 Å². The van der Waals surface area contributed by atoms with E-state index in [0.29, 0.717) is 17.6 Å². The average molecular weight is 337 g/mol. The van der Waals surface area contributed by atoms with Crippen molar-refractivity contribution >= 4 is 25.8 Å². The quantitative estimate of drug-likeness (QED) is 0.892. The minimum atomic E-state index is -2.88. The molecular weight excluding hydrogens is 320 g/mol. The molecule has 2 heterocycles. The Morgan fingerprint density at radius 2 is 2.33 bits per heavy atom. The molecule has 1 aromatic rings. The lowest BCUT2D eigenvalue weighted by Crippen LogP contribution is -2.39. The van der Waals surface area contributed by atoms with Gasteiger partial charge in [-0.25, -0.2) is 8.42 Å². The highest BCUT2D eigenvalue weighted by molar-refractivity contribution is 9.10. The van der Waals surface area contributed by atoms with Gasteiger partial charge in [-0.1, -0.05) is 0 Å². The van der Waals surface area contributed by atoms with Crippen LogP contribution in [-0.4, -0.2) is 44.5 Å². The Labute approximate surface area is 115 Å². The standard InChI is InChI=1S/C11H17BrN2O3S/c1-14(8-4-5-18(15,16)7-8)9(6-13)10-2-3-11(12)17-10/h2-3,8-9H,4-7,13H2,1H3. The number of hydrogen-bond acceptors (Lipinski definition) is 5. The summed E-state index contributed by atoms with van der Waals surface area (Å²) in [5, 5.41) is 0. The summed E-state index contributed by atoms with van der Waals surface area (Å²) in [5.41, 5.74) is 5.78. The molecular formula is C11H17BrN2O3S. The van der Waals surface area contributed by atoms with E-state index in [1.807, 2.05) is 24.1 Å². The zero-order valence-corrected chi connectivity index (χ0v) is 12.6. The molecule has 2 unspecified atom stereocenters. The van der Waals surface area contributed by atoms with E-state index in [-0.39, 0.29) is 23.6 Å². The lowest BCUT2D eigenvalue weighted by molar-refractivity contribution is 0.170. The SMILES string of the molecule is CN(C1CCS(=O)(=O)C1)C(CN)c1ccc(Br)o1. The predicted octanol–water partition coefficient (Wildman–Crippen LogP) is 1.16. The van der Waals surface area contributed by atoms with Crippen molar-refractivity contribution in [2.45, 2.75) is 18.5 Å². The normalized spacial score (nSPS) is 24.6. The van der Waals surface area contributed by atoms with Gasteiger partial charge in [0, 0.05) is 12.6 Å². The molecule has 0 amide bonds. The van der Waals surface area contributed by atoms with Gasteiger partial charge in [0.05, 0.1) is 17.5 Å². The third-order valence-electron chi connectivity index (χ3n) is 3.42. The van der Waals surface area contributed by atoms with Gasteiger partial charge in [0.1, 0.15) is 5.76 Å². The summed E-state index contributed by atoms with van der Waals surface area (Å²) >= 11 is 3.26. The first-order valence-electron chi connectivity index (χ1n) is 5.80. The van der Waals surface area contributed by atoms with Crippen LogP contribution in [0.1, 0.15) is 18.2 Å².